The van der Waals surface area contributed by atoms with Gasteiger partial charge in [-0.1, -0.05) is 6.08 Å². The highest BCUT2D eigenvalue weighted by Gasteiger charge is 2.25. The van der Waals surface area contributed by atoms with Crippen LogP contribution in [0.2, 0.25) is 0 Å². The molecular weight excluding hydrogens is 196 g/mol. The third kappa shape index (κ3) is 1.87. The molecule has 0 bridgehead atoms. The number of hydrogen-bond acceptors (Lipinski definition) is 3. The van der Waals surface area contributed by atoms with E-state index in [-0.39, 0.29) is 5.97 Å². The van der Waals surface area contributed by atoms with Gasteiger partial charge in [-0.3, -0.25) is 0 Å². The SMILES string of the molecule is CCOC(=O)C1=CCC2CCSC2=C1. The Hall–Kier alpha value is -0.700. The quantitative estimate of drug-likeness (QED) is 0.655. The number of allylic oxidation sites excluding steroid dienone is 2. The molecule has 1 aliphatic heterocycles. The van der Waals surface area contributed by atoms with Crippen molar-refractivity contribution in [2.75, 3.05) is 12.4 Å². The van der Waals surface area contributed by atoms with Gasteiger partial charge >= 0.3 is 5.97 Å². The Labute approximate surface area is 88.4 Å². The number of fused-ring (bicyclic) bond motifs is 1. The van der Waals surface area contributed by atoms with Gasteiger partial charge in [0.25, 0.3) is 0 Å². The lowest BCUT2D eigenvalue weighted by Crippen LogP contribution is -2.10. The highest BCUT2D eigenvalue weighted by Crippen LogP contribution is 2.41. The maximum atomic E-state index is 11.4. The van der Waals surface area contributed by atoms with E-state index < -0.39 is 0 Å². The molecule has 1 atom stereocenters. The monoisotopic (exact) mass is 210 g/mol. The lowest BCUT2D eigenvalue weighted by atomic mass is 9.94. The van der Waals surface area contributed by atoms with Gasteiger partial charge in [0, 0.05) is 0 Å². The average molecular weight is 210 g/mol. The number of hydrogen-bond donors (Lipinski definition) is 0. The molecule has 1 aliphatic carbocycles. The Morgan fingerprint density at radius 1 is 1.71 bits per heavy atom. The van der Waals surface area contributed by atoms with Gasteiger partial charge in [0.2, 0.25) is 0 Å². The first-order valence-corrected chi connectivity index (χ1v) is 6.01. The minimum atomic E-state index is -0.175. The lowest BCUT2D eigenvalue weighted by Gasteiger charge is -2.15. The van der Waals surface area contributed by atoms with Gasteiger partial charge in [-0.05, 0) is 42.4 Å². The van der Waals surface area contributed by atoms with Gasteiger partial charge in [-0.2, -0.15) is 0 Å². The van der Waals surface area contributed by atoms with E-state index in [1.807, 2.05) is 30.8 Å². The van der Waals surface area contributed by atoms with Crippen molar-refractivity contribution >= 4 is 17.7 Å². The first kappa shape index (κ1) is 9.84. The van der Waals surface area contributed by atoms with Crippen LogP contribution in [-0.4, -0.2) is 18.3 Å². The Morgan fingerprint density at radius 3 is 3.36 bits per heavy atom. The topological polar surface area (TPSA) is 26.3 Å². The maximum absolute atomic E-state index is 11.4. The van der Waals surface area contributed by atoms with Gasteiger partial charge in [-0.15, -0.1) is 11.8 Å². The molecule has 1 saturated heterocycles. The van der Waals surface area contributed by atoms with Crippen molar-refractivity contribution in [3.05, 3.63) is 22.6 Å². The second-order valence-corrected chi connectivity index (χ2v) is 4.66. The molecule has 2 nitrogen and oxygen atoms in total. The van der Waals surface area contributed by atoms with Crippen LogP contribution in [0.4, 0.5) is 0 Å². The number of carbonyl (C=O) groups excluding carboxylic acids is 1. The first-order chi connectivity index (χ1) is 6.81. The fourth-order valence-electron chi connectivity index (χ4n) is 1.81. The largest absolute Gasteiger partial charge is 0.462 e. The number of carbonyl (C=O) groups is 1. The molecule has 0 aromatic rings. The zero-order valence-corrected chi connectivity index (χ0v) is 9.10. The van der Waals surface area contributed by atoms with Gasteiger partial charge in [-0.25, -0.2) is 4.79 Å². The van der Waals surface area contributed by atoms with Crippen LogP contribution in [0, 0.1) is 5.92 Å². The summed E-state index contributed by atoms with van der Waals surface area (Å²) in [6.07, 6.45) is 6.28. The van der Waals surface area contributed by atoms with Crippen molar-refractivity contribution < 1.29 is 9.53 Å². The summed E-state index contributed by atoms with van der Waals surface area (Å²) < 4.78 is 4.97. The van der Waals surface area contributed by atoms with Gasteiger partial charge in [0.15, 0.2) is 0 Å². The fraction of sp³-hybridized carbons (Fsp3) is 0.545. The second-order valence-electron chi connectivity index (χ2n) is 3.50. The number of ether oxygens (including phenoxy) is 1. The molecule has 0 spiro atoms. The maximum Gasteiger partial charge on any atom is 0.337 e. The van der Waals surface area contributed by atoms with Crippen LogP contribution in [0.1, 0.15) is 19.8 Å². The van der Waals surface area contributed by atoms with Crippen LogP contribution in [0.25, 0.3) is 0 Å². The van der Waals surface area contributed by atoms with E-state index in [1.54, 1.807) is 0 Å². The Balaban J connectivity index is 2.08. The van der Waals surface area contributed by atoms with Gasteiger partial charge < -0.3 is 4.74 Å². The molecule has 1 unspecified atom stereocenters. The van der Waals surface area contributed by atoms with Gasteiger partial charge in [0.05, 0.1) is 12.2 Å². The van der Waals surface area contributed by atoms with Crippen LogP contribution in [0.15, 0.2) is 22.6 Å². The van der Waals surface area contributed by atoms with Crippen molar-refractivity contribution in [2.45, 2.75) is 19.8 Å². The summed E-state index contributed by atoms with van der Waals surface area (Å²) >= 11 is 1.88. The second kappa shape index (κ2) is 4.22. The minimum Gasteiger partial charge on any atom is -0.462 e. The van der Waals surface area contributed by atoms with E-state index in [1.165, 1.54) is 17.1 Å². The standard InChI is InChI=1S/C11H14O2S/c1-2-13-11(12)9-4-3-8-5-6-14-10(8)7-9/h4,7-8H,2-3,5-6H2,1H3. The Bertz CT molecular complexity index is 304. The van der Waals surface area contributed by atoms with Crippen LogP contribution in [-0.2, 0) is 9.53 Å². The fourth-order valence-corrected chi connectivity index (χ4v) is 3.11. The van der Waals surface area contributed by atoms with E-state index in [2.05, 4.69) is 0 Å². The highest BCUT2D eigenvalue weighted by atomic mass is 32.2. The first-order valence-electron chi connectivity index (χ1n) is 5.03. The zero-order valence-electron chi connectivity index (χ0n) is 8.29. The molecule has 0 aromatic heterocycles. The summed E-state index contributed by atoms with van der Waals surface area (Å²) in [7, 11) is 0. The number of esters is 1. The summed E-state index contributed by atoms with van der Waals surface area (Å²) in [4.78, 5) is 12.8. The highest BCUT2D eigenvalue weighted by molar-refractivity contribution is 8.03. The van der Waals surface area contributed by atoms with E-state index >= 15 is 0 Å². The normalized spacial score (nSPS) is 25.1. The summed E-state index contributed by atoms with van der Waals surface area (Å²) in [5.41, 5.74) is 0.743. The molecule has 0 aromatic carbocycles. The predicted molar refractivity (Wildman–Crippen MR) is 58.0 cm³/mol. The van der Waals surface area contributed by atoms with E-state index in [4.69, 9.17) is 4.74 Å². The summed E-state index contributed by atoms with van der Waals surface area (Å²) in [6.45, 7) is 2.29. The summed E-state index contributed by atoms with van der Waals surface area (Å²) in [6, 6.07) is 0. The van der Waals surface area contributed by atoms with E-state index in [0.717, 1.165) is 12.0 Å². The van der Waals surface area contributed by atoms with Crippen molar-refractivity contribution in [1.29, 1.82) is 0 Å². The number of thioether (sulfide) groups is 1. The van der Waals surface area contributed by atoms with Crippen LogP contribution in [0.5, 0.6) is 0 Å². The molecule has 0 radical (unpaired) electrons. The molecule has 76 valence electrons. The molecule has 0 saturated carbocycles. The van der Waals surface area contributed by atoms with Crippen molar-refractivity contribution in [3.8, 4) is 0 Å². The molecule has 14 heavy (non-hydrogen) atoms. The van der Waals surface area contributed by atoms with Crippen molar-refractivity contribution in [1.82, 2.24) is 0 Å². The van der Waals surface area contributed by atoms with Gasteiger partial charge in [0.1, 0.15) is 0 Å². The number of rotatable bonds is 2. The van der Waals surface area contributed by atoms with Crippen LogP contribution in [0.3, 0.4) is 0 Å². The minimum absolute atomic E-state index is 0.175. The molecule has 2 aliphatic rings. The molecule has 0 N–H and O–H groups in total. The van der Waals surface area contributed by atoms with Crippen LogP contribution < -0.4 is 0 Å². The molecular formula is C11H14O2S. The Morgan fingerprint density at radius 2 is 2.57 bits per heavy atom. The molecule has 1 heterocycles. The van der Waals surface area contributed by atoms with Crippen LogP contribution >= 0.6 is 11.8 Å². The summed E-state index contributed by atoms with van der Waals surface area (Å²) in [5, 5.41) is 0. The third-order valence-electron chi connectivity index (χ3n) is 2.57. The molecule has 0 amide bonds. The average Bonchev–Trinajstić information content (AvgIpc) is 2.64. The zero-order chi connectivity index (χ0) is 9.97. The van der Waals surface area contributed by atoms with Crippen molar-refractivity contribution in [3.63, 3.8) is 0 Å². The predicted octanol–water partition coefficient (Wildman–Crippen LogP) is 2.52. The van der Waals surface area contributed by atoms with Crippen molar-refractivity contribution in [2.24, 2.45) is 5.92 Å². The molecule has 3 heteroatoms. The summed E-state index contributed by atoms with van der Waals surface area (Å²) in [5.74, 6) is 1.70. The van der Waals surface area contributed by atoms with E-state index in [9.17, 15) is 4.79 Å². The molecule has 2 rings (SSSR count). The smallest absolute Gasteiger partial charge is 0.337 e. The van der Waals surface area contributed by atoms with E-state index in [0.29, 0.717) is 12.5 Å². The third-order valence-corrected chi connectivity index (χ3v) is 3.79. The lowest BCUT2D eigenvalue weighted by molar-refractivity contribution is -0.138. The molecule has 1 fully saturated rings. The Kier molecular flexibility index (Phi) is 2.96.